The SMILES string of the molecule is C[C@@]12CCC[C@H]1[C@@H]1C[C@H](O)C3CCCC[C@]3(C)[C@H]1CC2. The number of hydrogen-bond acceptors (Lipinski definition) is 1. The lowest BCUT2D eigenvalue weighted by molar-refractivity contribution is -0.153. The van der Waals surface area contributed by atoms with Crippen molar-refractivity contribution < 1.29 is 5.11 Å². The highest BCUT2D eigenvalue weighted by Crippen LogP contribution is 2.66. The lowest BCUT2D eigenvalue weighted by Gasteiger charge is -2.61. The van der Waals surface area contributed by atoms with Crippen LogP contribution >= 0.6 is 0 Å². The minimum Gasteiger partial charge on any atom is -0.393 e. The van der Waals surface area contributed by atoms with E-state index in [-0.39, 0.29) is 6.10 Å². The lowest BCUT2D eigenvalue weighted by Crippen LogP contribution is -2.56. The molecular formula is C19H32O. The molecule has 1 unspecified atom stereocenters. The zero-order chi connectivity index (χ0) is 14.0. The molecule has 114 valence electrons. The molecule has 1 heteroatoms. The van der Waals surface area contributed by atoms with Crippen molar-refractivity contribution in [1.82, 2.24) is 0 Å². The van der Waals surface area contributed by atoms with Crippen LogP contribution in [0.2, 0.25) is 0 Å². The summed E-state index contributed by atoms with van der Waals surface area (Å²) < 4.78 is 0. The topological polar surface area (TPSA) is 20.2 Å². The summed E-state index contributed by atoms with van der Waals surface area (Å²) in [5.74, 6) is 3.30. The molecule has 0 spiro atoms. The average molecular weight is 276 g/mol. The highest BCUT2D eigenvalue weighted by molar-refractivity contribution is 5.08. The Labute approximate surface area is 124 Å². The summed E-state index contributed by atoms with van der Waals surface area (Å²) in [6.45, 7) is 5.11. The Kier molecular flexibility index (Phi) is 3.05. The number of rotatable bonds is 0. The minimum atomic E-state index is 0.00417. The largest absolute Gasteiger partial charge is 0.393 e. The van der Waals surface area contributed by atoms with Gasteiger partial charge in [0.25, 0.3) is 0 Å². The maximum atomic E-state index is 10.8. The van der Waals surface area contributed by atoms with Crippen LogP contribution in [-0.4, -0.2) is 11.2 Å². The van der Waals surface area contributed by atoms with E-state index in [0.29, 0.717) is 16.7 Å². The van der Waals surface area contributed by atoms with Crippen LogP contribution in [-0.2, 0) is 0 Å². The van der Waals surface area contributed by atoms with E-state index in [1.807, 2.05) is 0 Å². The molecule has 0 aromatic heterocycles. The van der Waals surface area contributed by atoms with Crippen molar-refractivity contribution in [2.24, 2.45) is 34.5 Å². The summed E-state index contributed by atoms with van der Waals surface area (Å²) in [6.07, 6.45) is 13.9. The van der Waals surface area contributed by atoms with E-state index < -0.39 is 0 Å². The first-order chi connectivity index (χ1) is 9.55. The molecular weight excluding hydrogens is 244 g/mol. The van der Waals surface area contributed by atoms with Gasteiger partial charge in [0, 0.05) is 0 Å². The third-order valence-electron chi connectivity index (χ3n) is 8.37. The summed E-state index contributed by atoms with van der Waals surface area (Å²) in [6, 6.07) is 0. The summed E-state index contributed by atoms with van der Waals surface area (Å²) in [4.78, 5) is 0. The van der Waals surface area contributed by atoms with E-state index in [2.05, 4.69) is 13.8 Å². The van der Waals surface area contributed by atoms with Crippen molar-refractivity contribution >= 4 is 0 Å². The molecule has 0 radical (unpaired) electrons. The van der Waals surface area contributed by atoms with Crippen LogP contribution in [0.25, 0.3) is 0 Å². The molecule has 0 amide bonds. The first kappa shape index (κ1) is 13.6. The van der Waals surface area contributed by atoms with Crippen LogP contribution in [0.5, 0.6) is 0 Å². The second-order valence-corrected chi connectivity index (χ2v) is 9.12. The van der Waals surface area contributed by atoms with E-state index in [0.717, 1.165) is 24.2 Å². The highest BCUT2D eigenvalue weighted by Gasteiger charge is 2.59. The number of aliphatic hydroxyl groups excluding tert-OH is 1. The van der Waals surface area contributed by atoms with E-state index in [9.17, 15) is 5.11 Å². The second kappa shape index (κ2) is 4.48. The molecule has 1 nitrogen and oxygen atoms in total. The molecule has 7 atom stereocenters. The van der Waals surface area contributed by atoms with Crippen molar-refractivity contribution in [1.29, 1.82) is 0 Å². The third kappa shape index (κ3) is 1.71. The second-order valence-electron chi connectivity index (χ2n) is 9.12. The fourth-order valence-electron chi connectivity index (χ4n) is 7.35. The van der Waals surface area contributed by atoms with Gasteiger partial charge in [-0.25, -0.2) is 0 Å². The first-order valence-corrected chi connectivity index (χ1v) is 9.23. The zero-order valence-corrected chi connectivity index (χ0v) is 13.4. The van der Waals surface area contributed by atoms with Gasteiger partial charge in [-0.1, -0.05) is 33.1 Å². The van der Waals surface area contributed by atoms with E-state index >= 15 is 0 Å². The van der Waals surface area contributed by atoms with E-state index in [4.69, 9.17) is 0 Å². The van der Waals surface area contributed by atoms with Gasteiger partial charge in [-0.3, -0.25) is 0 Å². The van der Waals surface area contributed by atoms with Gasteiger partial charge in [-0.05, 0) is 79.4 Å². The zero-order valence-electron chi connectivity index (χ0n) is 13.4. The smallest absolute Gasteiger partial charge is 0.0576 e. The third-order valence-corrected chi connectivity index (χ3v) is 8.37. The van der Waals surface area contributed by atoms with Gasteiger partial charge < -0.3 is 5.11 Å². The molecule has 4 aliphatic carbocycles. The molecule has 0 aromatic carbocycles. The van der Waals surface area contributed by atoms with Crippen LogP contribution in [0.3, 0.4) is 0 Å². The Morgan fingerprint density at radius 2 is 1.60 bits per heavy atom. The monoisotopic (exact) mass is 276 g/mol. The Morgan fingerprint density at radius 1 is 0.800 bits per heavy atom. The van der Waals surface area contributed by atoms with Crippen molar-refractivity contribution in [2.75, 3.05) is 0 Å². The fraction of sp³-hybridized carbons (Fsp3) is 1.00. The Hall–Kier alpha value is -0.0400. The average Bonchev–Trinajstić information content (AvgIpc) is 2.81. The maximum absolute atomic E-state index is 10.8. The van der Waals surface area contributed by atoms with Crippen LogP contribution in [0.15, 0.2) is 0 Å². The quantitative estimate of drug-likeness (QED) is 0.675. The molecule has 0 saturated heterocycles. The maximum Gasteiger partial charge on any atom is 0.0576 e. The van der Waals surface area contributed by atoms with Gasteiger partial charge >= 0.3 is 0 Å². The molecule has 0 bridgehead atoms. The molecule has 4 fully saturated rings. The fourth-order valence-corrected chi connectivity index (χ4v) is 7.35. The predicted molar refractivity (Wildman–Crippen MR) is 82.4 cm³/mol. The normalized spacial score (nSPS) is 58.6. The molecule has 20 heavy (non-hydrogen) atoms. The first-order valence-electron chi connectivity index (χ1n) is 9.23. The van der Waals surface area contributed by atoms with Gasteiger partial charge in [0.1, 0.15) is 0 Å². The molecule has 4 rings (SSSR count). The summed E-state index contributed by atoms with van der Waals surface area (Å²) >= 11 is 0. The van der Waals surface area contributed by atoms with Crippen LogP contribution < -0.4 is 0 Å². The van der Waals surface area contributed by atoms with Crippen LogP contribution in [0.4, 0.5) is 0 Å². The van der Waals surface area contributed by atoms with Gasteiger partial charge in [-0.2, -0.15) is 0 Å². The molecule has 0 aliphatic heterocycles. The van der Waals surface area contributed by atoms with Crippen molar-refractivity contribution in [3.05, 3.63) is 0 Å². The molecule has 1 N–H and O–H groups in total. The van der Waals surface area contributed by atoms with Crippen molar-refractivity contribution in [3.8, 4) is 0 Å². The lowest BCUT2D eigenvalue weighted by atomic mass is 9.45. The Morgan fingerprint density at radius 3 is 2.45 bits per heavy atom. The number of hydrogen-bond donors (Lipinski definition) is 1. The molecule has 4 aliphatic rings. The predicted octanol–water partition coefficient (Wildman–Crippen LogP) is 4.78. The van der Waals surface area contributed by atoms with Gasteiger partial charge in [0.05, 0.1) is 6.10 Å². The summed E-state index contributed by atoms with van der Waals surface area (Å²) in [5.41, 5.74) is 1.09. The van der Waals surface area contributed by atoms with Crippen molar-refractivity contribution in [3.63, 3.8) is 0 Å². The van der Waals surface area contributed by atoms with Crippen molar-refractivity contribution in [2.45, 2.75) is 84.2 Å². The van der Waals surface area contributed by atoms with E-state index in [1.54, 1.807) is 0 Å². The van der Waals surface area contributed by atoms with Gasteiger partial charge in [-0.15, -0.1) is 0 Å². The van der Waals surface area contributed by atoms with E-state index in [1.165, 1.54) is 57.8 Å². The number of aliphatic hydroxyl groups is 1. The van der Waals surface area contributed by atoms with Crippen LogP contribution in [0.1, 0.15) is 78.1 Å². The summed E-state index contributed by atoms with van der Waals surface area (Å²) in [7, 11) is 0. The molecule has 0 heterocycles. The molecule has 0 aromatic rings. The Bertz CT molecular complexity index is 391. The van der Waals surface area contributed by atoms with Gasteiger partial charge in [0.15, 0.2) is 0 Å². The highest BCUT2D eigenvalue weighted by atomic mass is 16.3. The minimum absolute atomic E-state index is 0.00417. The Balaban J connectivity index is 1.68. The number of fused-ring (bicyclic) bond motifs is 5. The summed E-state index contributed by atoms with van der Waals surface area (Å²) in [5, 5.41) is 10.8. The van der Waals surface area contributed by atoms with Crippen LogP contribution in [0, 0.1) is 34.5 Å². The van der Waals surface area contributed by atoms with Gasteiger partial charge in [0.2, 0.25) is 0 Å². The standard InChI is InChI=1S/C19H32O/c1-18-9-5-7-14(18)13-12-17(20)16-6-3-4-10-19(16,2)15(13)8-11-18/h13-17,20H,3-12H2,1-2H3/t13-,14-,15-,16?,17-,18-,19+/m0/s1. The molecule has 4 saturated carbocycles.